The van der Waals surface area contributed by atoms with Gasteiger partial charge in [-0.2, -0.15) is 0 Å². The third-order valence-corrected chi connectivity index (χ3v) is 7.09. The third-order valence-electron chi connectivity index (χ3n) is 7.09. The molecule has 0 aliphatic heterocycles. The smallest absolute Gasteiger partial charge is 0.344 e. The first-order valence-corrected chi connectivity index (χ1v) is 16.6. The molecule has 0 fully saturated rings. The average Bonchev–Trinajstić information content (AvgIpc) is 3.16. The van der Waals surface area contributed by atoms with Crippen molar-refractivity contribution in [2.24, 2.45) is 0 Å². The minimum Gasteiger partial charge on any atom is -0.490 e. The largest absolute Gasteiger partial charge is 0.490 e. The lowest BCUT2D eigenvalue weighted by molar-refractivity contribution is -0.146. The number of hydrogen-bond acceptors (Lipinski definition) is 11. The zero-order valence-electron chi connectivity index (χ0n) is 28.9. The third kappa shape index (κ3) is 12.0. The van der Waals surface area contributed by atoms with Gasteiger partial charge in [0.2, 0.25) is 0 Å². The number of rotatable bonds is 20. The number of allylic oxidation sites excluding steroid dienone is 2. The number of hydrogen-bond donors (Lipinski definition) is 1. The first-order chi connectivity index (χ1) is 25.3. The fourth-order valence-corrected chi connectivity index (χ4v) is 4.73. The van der Waals surface area contributed by atoms with Gasteiger partial charge in [-0.05, 0) is 61.4 Å². The first kappa shape index (κ1) is 38.6. The van der Waals surface area contributed by atoms with Gasteiger partial charge < -0.3 is 33.5 Å². The SMILES string of the molecule is CCOC(=O)COc1cccc(OCC(O)COc2cccc(OCC(=O)OCC)c2C(=O)/C=C/c2ccccc2)c1C(=O)/C=C/c1ccccc1. The lowest BCUT2D eigenvalue weighted by Gasteiger charge is -2.18. The molecule has 0 aliphatic carbocycles. The highest BCUT2D eigenvalue weighted by Crippen LogP contribution is 2.32. The van der Waals surface area contributed by atoms with Crippen LogP contribution < -0.4 is 18.9 Å². The molecule has 0 heterocycles. The highest BCUT2D eigenvalue weighted by atomic mass is 16.6. The second kappa shape index (κ2) is 20.5. The Kier molecular flexibility index (Phi) is 15.2. The predicted octanol–water partition coefficient (Wildman–Crippen LogP) is 6.18. The second-order valence-corrected chi connectivity index (χ2v) is 10.9. The molecule has 0 bridgehead atoms. The zero-order chi connectivity index (χ0) is 37.1. The summed E-state index contributed by atoms with van der Waals surface area (Å²) >= 11 is 0. The van der Waals surface area contributed by atoms with Gasteiger partial charge >= 0.3 is 11.9 Å². The minimum atomic E-state index is -1.24. The van der Waals surface area contributed by atoms with Crippen LogP contribution in [0.3, 0.4) is 0 Å². The highest BCUT2D eigenvalue weighted by Gasteiger charge is 2.22. The number of aliphatic hydroxyl groups excluding tert-OH is 1. The summed E-state index contributed by atoms with van der Waals surface area (Å²) in [6.07, 6.45) is 4.75. The maximum Gasteiger partial charge on any atom is 0.344 e. The monoisotopic (exact) mass is 708 g/mol. The summed E-state index contributed by atoms with van der Waals surface area (Å²) < 4.78 is 33.0. The summed E-state index contributed by atoms with van der Waals surface area (Å²) in [7, 11) is 0. The maximum absolute atomic E-state index is 13.5. The van der Waals surface area contributed by atoms with Crippen molar-refractivity contribution in [1.29, 1.82) is 0 Å². The van der Waals surface area contributed by atoms with Crippen molar-refractivity contribution in [3.63, 3.8) is 0 Å². The van der Waals surface area contributed by atoms with E-state index in [-0.39, 0.29) is 60.6 Å². The summed E-state index contributed by atoms with van der Waals surface area (Å²) in [6, 6.07) is 27.7. The van der Waals surface area contributed by atoms with Crippen molar-refractivity contribution in [2.45, 2.75) is 20.0 Å². The highest BCUT2D eigenvalue weighted by molar-refractivity contribution is 6.11. The Balaban J connectivity index is 1.51. The normalized spacial score (nSPS) is 11.0. The van der Waals surface area contributed by atoms with Crippen LogP contribution in [0.1, 0.15) is 45.7 Å². The van der Waals surface area contributed by atoms with Crippen LogP contribution in [0.15, 0.2) is 109 Å². The Morgan fingerprint density at radius 1 is 0.538 bits per heavy atom. The lowest BCUT2D eigenvalue weighted by atomic mass is 10.1. The number of esters is 2. The van der Waals surface area contributed by atoms with E-state index in [9.17, 15) is 24.3 Å². The average molecular weight is 709 g/mol. The predicted molar refractivity (Wildman–Crippen MR) is 194 cm³/mol. The van der Waals surface area contributed by atoms with Gasteiger partial charge in [-0.25, -0.2) is 9.59 Å². The molecule has 0 unspecified atom stereocenters. The number of carbonyl (C=O) groups excluding carboxylic acids is 4. The van der Waals surface area contributed by atoms with E-state index in [1.165, 1.54) is 36.4 Å². The van der Waals surface area contributed by atoms with Crippen molar-refractivity contribution in [1.82, 2.24) is 0 Å². The van der Waals surface area contributed by atoms with Crippen LogP contribution in [-0.4, -0.2) is 74.4 Å². The van der Waals surface area contributed by atoms with Crippen molar-refractivity contribution >= 4 is 35.7 Å². The van der Waals surface area contributed by atoms with Crippen molar-refractivity contribution in [3.8, 4) is 23.0 Å². The molecular weight excluding hydrogens is 668 g/mol. The van der Waals surface area contributed by atoms with Crippen LogP contribution in [0.2, 0.25) is 0 Å². The molecule has 11 nitrogen and oxygen atoms in total. The van der Waals surface area contributed by atoms with Crippen LogP contribution in [-0.2, 0) is 19.1 Å². The topological polar surface area (TPSA) is 144 Å². The molecule has 0 aliphatic rings. The van der Waals surface area contributed by atoms with E-state index in [4.69, 9.17) is 28.4 Å². The number of ether oxygens (including phenoxy) is 6. The molecule has 4 aromatic rings. The molecule has 4 aromatic carbocycles. The van der Waals surface area contributed by atoms with Crippen molar-refractivity contribution < 1.29 is 52.7 Å². The van der Waals surface area contributed by atoms with E-state index >= 15 is 0 Å². The molecule has 52 heavy (non-hydrogen) atoms. The number of ketones is 2. The molecule has 0 radical (unpaired) electrons. The fourth-order valence-electron chi connectivity index (χ4n) is 4.73. The Morgan fingerprint density at radius 3 is 1.27 bits per heavy atom. The van der Waals surface area contributed by atoms with Gasteiger partial charge in [-0.1, -0.05) is 84.9 Å². The molecule has 0 spiro atoms. The zero-order valence-corrected chi connectivity index (χ0v) is 28.9. The molecule has 0 saturated carbocycles. The van der Waals surface area contributed by atoms with E-state index in [1.54, 1.807) is 38.1 Å². The summed E-state index contributed by atoms with van der Waals surface area (Å²) in [5.41, 5.74) is 1.66. The van der Waals surface area contributed by atoms with Gasteiger partial charge in [0.15, 0.2) is 24.8 Å². The summed E-state index contributed by atoms with van der Waals surface area (Å²) in [4.78, 5) is 50.9. The number of aliphatic hydroxyl groups is 1. The Labute approximate surface area is 302 Å². The molecule has 0 amide bonds. The molecular formula is C41H40O11. The summed E-state index contributed by atoms with van der Waals surface area (Å²) in [5.74, 6) is -1.77. The van der Waals surface area contributed by atoms with Gasteiger partial charge in [-0.3, -0.25) is 9.59 Å². The molecule has 270 valence electrons. The van der Waals surface area contributed by atoms with Crippen LogP contribution in [0.4, 0.5) is 0 Å². The molecule has 0 aromatic heterocycles. The van der Waals surface area contributed by atoms with Crippen LogP contribution >= 0.6 is 0 Å². The van der Waals surface area contributed by atoms with Crippen molar-refractivity contribution in [2.75, 3.05) is 39.6 Å². The van der Waals surface area contributed by atoms with Gasteiger partial charge in [0, 0.05) is 0 Å². The van der Waals surface area contributed by atoms with E-state index in [0.717, 1.165) is 11.1 Å². The first-order valence-electron chi connectivity index (χ1n) is 16.6. The van der Waals surface area contributed by atoms with Crippen LogP contribution in [0.5, 0.6) is 23.0 Å². The van der Waals surface area contributed by atoms with E-state index in [0.29, 0.717) is 0 Å². The van der Waals surface area contributed by atoms with E-state index < -0.39 is 42.8 Å². The summed E-state index contributed by atoms with van der Waals surface area (Å²) in [5, 5.41) is 10.9. The molecule has 11 heteroatoms. The molecule has 0 saturated heterocycles. The minimum absolute atomic E-state index is 0.0385. The lowest BCUT2D eigenvalue weighted by Crippen LogP contribution is -2.26. The maximum atomic E-state index is 13.5. The molecule has 0 atom stereocenters. The quantitative estimate of drug-likeness (QED) is 0.0639. The second-order valence-electron chi connectivity index (χ2n) is 10.9. The van der Waals surface area contributed by atoms with E-state index in [1.807, 2.05) is 60.7 Å². The molecule has 4 rings (SSSR count). The number of carbonyl (C=O) groups is 4. The fraction of sp³-hybridized carbons (Fsp3) is 0.220. The van der Waals surface area contributed by atoms with Crippen LogP contribution in [0.25, 0.3) is 12.2 Å². The number of benzene rings is 4. The van der Waals surface area contributed by atoms with Gasteiger partial charge in [0.1, 0.15) is 53.4 Å². The standard InChI is InChI=1S/C41H40O11/c1-3-47-38(45)27-51-36-19-11-17-34(40(36)32(43)23-21-29-13-7-5-8-14-29)49-25-31(42)26-50-35-18-12-20-37(52-28-39(46)48-4-2)41(35)33(44)24-22-30-15-9-6-10-16-30/h5-24,31,42H,3-4,25-28H2,1-2H3/b23-21+,24-22+. The van der Waals surface area contributed by atoms with Gasteiger partial charge in [-0.15, -0.1) is 0 Å². The summed E-state index contributed by atoms with van der Waals surface area (Å²) in [6.45, 7) is 2.18. The van der Waals surface area contributed by atoms with Crippen LogP contribution in [0, 0.1) is 0 Å². The molecule has 1 N–H and O–H groups in total. The van der Waals surface area contributed by atoms with Crippen molar-refractivity contribution in [3.05, 3.63) is 131 Å². The van der Waals surface area contributed by atoms with Gasteiger partial charge in [0.05, 0.1) is 13.2 Å². The van der Waals surface area contributed by atoms with Gasteiger partial charge in [0.25, 0.3) is 0 Å². The Bertz CT molecular complexity index is 1710. The Hall–Kier alpha value is -6.20. The van der Waals surface area contributed by atoms with E-state index in [2.05, 4.69) is 0 Å². The Morgan fingerprint density at radius 2 is 0.904 bits per heavy atom.